The van der Waals surface area contributed by atoms with Crippen LogP contribution in [0.5, 0.6) is 0 Å². The van der Waals surface area contributed by atoms with E-state index in [4.69, 9.17) is 0 Å². The molecule has 2 aliphatic rings. The van der Waals surface area contributed by atoms with Gasteiger partial charge in [-0.2, -0.15) is 0 Å². The number of halogens is 1. The maximum atomic E-state index is 13.6. The fourth-order valence-electron chi connectivity index (χ4n) is 3.83. The molecule has 2 aliphatic heterocycles. The van der Waals surface area contributed by atoms with E-state index >= 15 is 0 Å². The van der Waals surface area contributed by atoms with Gasteiger partial charge in [-0.3, -0.25) is 4.90 Å². The van der Waals surface area contributed by atoms with Crippen molar-refractivity contribution in [2.45, 2.75) is 50.2 Å². The van der Waals surface area contributed by atoms with E-state index in [1.807, 2.05) is 12.1 Å². The number of piperidine rings is 1. The molecule has 0 saturated carbocycles. The molecule has 0 aliphatic carbocycles. The molecular weight excluding hydrogens is 239 g/mol. The van der Waals surface area contributed by atoms with E-state index in [1.165, 1.54) is 25.7 Å². The quantitative estimate of drug-likeness (QED) is 0.897. The highest BCUT2D eigenvalue weighted by atomic mass is 19.1. The normalized spacial score (nSPS) is 30.7. The van der Waals surface area contributed by atoms with E-state index in [0.717, 1.165) is 18.5 Å². The van der Waals surface area contributed by atoms with Crippen molar-refractivity contribution < 1.29 is 4.39 Å². The van der Waals surface area contributed by atoms with Gasteiger partial charge in [-0.05, 0) is 50.8 Å². The molecule has 0 aromatic heterocycles. The first-order chi connectivity index (χ1) is 9.28. The Kier molecular flexibility index (Phi) is 3.85. The summed E-state index contributed by atoms with van der Waals surface area (Å²) in [6.45, 7) is 1.01. The number of fused-ring (bicyclic) bond motifs is 2. The van der Waals surface area contributed by atoms with Gasteiger partial charge in [0.1, 0.15) is 5.82 Å². The topological polar surface area (TPSA) is 15.3 Å². The third-order valence-electron chi connectivity index (χ3n) is 4.89. The second kappa shape index (κ2) is 5.59. The second-order valence-corrected chi connectivity index (χ2v) is 5.92. The van der Waals surface area contributed by atoms with E-state index in [1.54, 1.807) is 12.1 Å². The predicted octanol–water partition coefficient (Wildman–Crippen LogP) is 2.58. The summed E-state index contributed by atoms with van der Waals surface area (Å²) in [6.07, 6.45) is 5.98. The largest absolute Gasteiger partial charge is 0.317 e. The van der Waals surface area contributed by atoms with Gasteiger partial charge in [0.2, 0.25) is 0 Å². The van der Waals surface area contributed by atoms with E-state index in [-0.39, 0.29) is 5.82 Å². The second-order valence-electron chi connectivity index (χ2n) is 5.92. The molecule has 2 unspecified atom stereocenters. The molecule has 3 heteroatoms. The lowest BCUT2D eigenvalue weighted by atomic mass is 9.97. The summed E-state index contributed by atoms with van der Waals surface area (Å²) in [5, 5.41) is 3.42. The van der Waals surface area contributed by atoms with E-state index in [0.29, 0.717) is 18.1 Å². The summed E-state index contributed by atoms with van der Waals surface area (Å²) in [4.78, 5) is 2.63. The Morgan fingerprint density at radius 2 is 1.89 bits per heavy atom. The molecule has 19 heavy (non-hydrogen) atoms. The molecule has 104 valence electrons. The van der Waals surface area contributed by atoms with Crippen LogP contribution in [0.25, 0.3) is 0 Å². The Morgan fingerprint density at radius 3 is 2.53 bits per heavy atom. The summed E-state index contributed by atoms with van der Waals surface area (Å²) >= 11 is 0. The lowest BCUT2D eigenvalue weighted by molar-refractivity contribution is 0.120. The Balaban J connectivity index is 1.61. The third kappa shape index (κ3) is 2.67. The minimum atomic E-state index is -0.0556. The summed E-state index contributed by atoms with van der Waals surface area (Å²) < 4.78 is 13.6. The fraction of sp³-hybridized carbons (Fsp3) is 0.625. The zero-order valence-electron chi connectivity index (χ0n) is 11.6. The Hall–Kier alpha value is -0.930. The van der Waals surface area contributed by atoms with Crippen LogP contribution in [0.4, 0.5) is 4.39 Å². The van der Waals surface area contributed by atoms with Crippen molar-refractivity contribution >= 4 is 0 Å². The van der Waals surface area contributed by atoms with Gasteiger partial charge in [0.25, 0.3) is 0 Å². The van der Waals surface area contributed by atoms with Crippen molar-refractivity contribution in [1.29, 1.82) is 0 Å². The molecule has 1 N–H and O–H groups in total. The molecule has 2 heterocycles. The van der Waals surface area contributed by atoms with Crippen LogP contribution in [-0.4, -0.2) is 36.6 Å². The first kappa shape index (κ1) is 13.1. The smallest absolute Gasteiger partial charge is 0.126 e. The first-order valence-electron chi connectivity index (χ1n) is 7.44. The van der Waals surface area contributed by atoms with Crippen LogP contribution in [0.3, 0.4) is 0 Å². The summed E-state index contributed by atoms with van der Waals surface area (Å²) in [5.41, 5.74) is 0.859. The minimum absolute atomic E-state index is 0.0556. The van der Waals surface area contributed by atoms with E-state index in [9.17, 15) is 4.39 Å². The van der Waals surface area contributed by atoms with Crippen molar-refractivity contribution in [3.05, 3.63) is 35.6 Å². The van der Waals surface area contributed by atoms with Crippen molar-refractivity contribution in [1.82, 2.24) is 10.2 Å². The molecule has 2 bridgehead atoms. The fourth-order valence-corrected chi connectivity index (χ4v) is 3.83. The van der Waals surface area contributed by atoms with Crippen LogP contribution in [0, 0.1) is 5.82 Å². The van der Waals surface area contributed by atoms with Gasteiger partial charge in [0.05, 0.1) is 0 Å². The average molecular weight is 262 g/mol. The van der Waals surface area contributed by atoms with Gasteiger partial charge in [-0.15, -0.1) is 0 Å². The van der Waals surface area contributed by atoms with Crippen LogP contribution in [0.15, 0.2) is 24.3 Å². The average Bonchev–Trinajstić information content (AvgIpc) is 2.67. The predicted molar refractivity (Wildman–Crippen MR) is 75.7 cm³/mol. The van der Waals surface area contributed by atoms with Crippen LogP contribution in [0.2, 0.25) is 0 Å². The zero-order valence-corrected chi connectivity index (χ0v) is 11.6. The summed E-state index contributed by atoms with van der Waals surface area (Å²) in [7, 11) is 2.07. The maximum Gasteiger partial charge on any atom is 0.126 e. The molecule has 0 radical (unpaired) electrons. The van der Waals surface area contributed by atoms with Gasteiger partial charge in [-0.1, -0.05) is 18.2 Å². The molecule has 1 aromatic carbocycles. The SMILES string of the molecule is CNC1CC2CCC(C1)N2CCc1ccccc1F. The van der Waals surface area contributed by atoms with Crippen molar-refractivity contribution in [3.63, 3.8) is 0 Å². The van der Waals surface area contributed by atoms with Crippen LogP contribution in [0.1, 0.15) is 31.2 Å². The highest BCUT2D eigenvalue weighted by molar-refractivity contribution is 5.17. The van der Waals surface area contributed by atoms with Crippen LogP contribution >= 0.6 is 0 Å². The number of nitrogens with one attached hydrogen (secondary N) is 1. The number of rotatable bonds is 4. The zero-order chi connectivity index (χ0) is 13.2. The lowest BCUT2D eigenvalue weighted by Gasteiger charge is -2.39. The number of benzene rings is 1. The molecule has 3 rings (SSSR count). The highest BCUT2D eigenvalue weighted by Crippen LogP contribution is 2.35. The number of hydrogen-bond acceptors (Lipinski definition) is 2. The van der Waals surface area contributed by atoms with E-state index in [2.05, 4.69) is 17.3 Å². The molecule has 2 fully saturated rings. The standard InChI is InChI=1S/C16H23FN2/c1-18-13-10-14-6-7-15(11-13)19(14)9-8-12-4-2-3-5-16(12)17/h2-5,13-15,18H,6-11H2,1H3. The Labute approximate surface area is 115 Å². The van der Waals surface area contributed by atoms with Crippen LogP contribution < -0.4 is 5.32 Å². The van der Waals surface area contributed by atoms with Gasteiger partial charge in [0, 0.05) is 24.7 Å². The molecule has 1 aromatic rings. The Bertz CT molecular complexity index is 421. The monoisotopic (exact) mass is 262 g/mol. The molecule has 0 spiro atoms. The van der Waals surface area contributed by atoms with Gasteiger partial charge < -0.3 is 5.32 Å². The number of nitrogens with zero attached hydrogens (tertiary/aromatic N) is 1. The summed E-state index contributed by atoms with van der Waals surface area (Å²) in [5.74, 6) is -0.0556. The van der Waals surface area contributed by atoms with Crippen molar-refractivity contribution in [3.8, 4) is 0 Å². The number of hydrogen-bond donors (Lipinski definition) is 1. The van der Waals surface area contributed by atoms with Gasteiger partial charge in [-0.25, -0.2) is 4.39 Å². The minimum Gasteiger partial charge on any atom is -0.317 e. The molecule has 0 amide bonds. The molecule has 2 nitrogen and oxygen atoms in total. The third-order valence-corrected chi connectivity index (χ3v) is 4.89. The van der Waals surface area contributed by atoms with Gasteiger partial charge in [0.15, 0.2) is 0 Å². The van der Waals surface area contributed by atoms with Crippen molar-refractivity contribution in [2.75, 3.05) is 13.6 Å². The van der Waals surface area contributed by atoms with Crippen LogP contribution in [-0.2, 0) is 6.42 Å². The summed E-state index contributed by atoms with van der Waals surface area (Å²) in [6, 6.07) is 9.28. The van der Waals surface area contributed by atoms with Gasteiger partial charge >= 0.3 is 0 Å². The lowest BCUT2D eigenvalue weighted by Crippen LogP contribution is -2.48. The molecule has 2 saturated heterocycles. The molecule has 2 atom stereocenters. The molecular formula is C16H23FN2. The van der Waals surface area contributed by atoms with E-state index < -0.39 is 0 Å². The van der Waals surface area contributed by atoms with Crippen molar-refractivity contribution in [2.24, 2.45) is 0 Å². The Morgan fingerprint density at radius 1 is 1.21 bits per heavy atom. The highest BCUT2D eigenvalue weighted by Gasteiger charge is 2.39. The maximum absolute atomic E-state index is 13.6. The first-order valence-corrected chi connectivity index (χ1v) is 7.44.